The highest BCUT2D eigenvalue weighted by molar-refractivity contribution is 5.95. The predicted molar refractivity (Wildman–Crippen MR) is 117 cm³/mol. The zero-order valence-corrected chi connectivity index (χ0v) is 19.0. The van der Waals surface area contributed by atoms with Crippen molar-refractivity contribution < 1.29 is 4.79 Å². The molecule has 162 valence electrons. The van der Waals surface area contributed by atoms with Crippen LogP contribution in [-0.4, -0.2) is 43.6 Å². The fourth-order valence-corrected chi connectivity index (χ4v) is 4.60. The van der Waals surface area contributed by atoms with E-state index < -0.39 is 0 Å². The summed E-state index contributed by atoms with van der Waals surface area (Å²) in [6, 6.07) is 0.192. The summed E-state index contributed by atoms with van der Waals surface area (Å²) in [5.41, 5.74) is 4.64. The van der Waals surface area contributed by atoms with Gasteiger partial charge in [0.25, 0.3) is 0 Å². The Morgan fingerprint density at radius 1 is 1.20 bits per heavy atom. The van der Waals surface area contributed by atoms with Crippen LogP contribution in [0.3, 0.4) is 0 Å². The Bertz CT molecular complexity index is 934. The van der Waals surface area contributed by atoms with Crippen LogP contribution in [0.5, 0.6) is 0 Å². The molecule has 2 aliphatic heterocycles. The van der Waals surface area contributed by atoms with Gasteiger partial charge in [-0.15, -0.1) is 0 Å². The maximum atomic E-state index is 12.7. The van der Waals surface area contributed by atoms with Crippen LogP contribution in [0.1, 0.15) is 73.9 Å². The molecule has 0 spiro atoms. The summed E-state index contributed by atoms with van der Waals surface area (Å²) in [5, 5.41) is 4.40. The van der Waals surface area contributed by atoms with Gasteiger partial charge in [-0.25, -0.2) is 9.97 Å². The Morgan fingerprint density at radius 2 is 2.00 bits per heavy atom. The molecular formula is C23H34N6O. The van der Waals surface area contributed by atoms with Gasteiger partial charge in [0.15, 0.2) is 0 Å². The van der Waals surface area contributed by atoms with Gasteiger partial charge in [0.2, 0.25) is 5.91 Å². The quantitative estimate of drug-likeness (QED) is 0.729. The maximum absolute atomic E-state index is 12.7. The summed E-state index contributed by atoms with van der Waals surface area (Å²) in [5.74, 6) is 2.48. The van der Waals surface area contributed by atoms with Gasteiger partial charge in [-0.1, -0.05) is 13.8 Å². The van der Waals surface area contributed by atoms with Crippen molar-refractivity contribution >= 4 is 11.7 Å². The first kappa shape index (κ1) is 21.0. The lowest BCUT2D eigenvalue weighted by Gasteiger charge is -2.31. The number of hydrogen-bond acceptors (Lipinski definition) is 5. The lowest BCUT2D eigenvalue weighted by atomic mass is 10.0. The highest BCUT2D eigenvalue weighted by Crippen LogP contribution is 2.35. The van der Waals surface area contributed by atoms with E-state index in [-0.39, 0.29) is 11.9 Å². The molecule has 0 radical (unpaired) electrons. The standard InChI is InChI=1S/C23H34N6O/c1-15(2)10-12-29-21(30)9-8-19-16(3)25-22(26-23(19)29)20-7-6-11-28(20)14-18-13-24-27(5)17(18)4/h13,15,20H,6-12,14H2,1-5H3. The summed E-state index contributed by atoms with van der Waals surface area (Å²) in [6.07, 6.45) is 6.46. The van der Waals surface area contributed by atoms with Crippen molar-refractivity contribution in [1.29, 1.82) is 0 Å². The van der Waals surface area contributed by atoms with Crippen molar-refractivity contribution in [1.82, 2.24) is 24.6 Å². The number of nitrogens with zero attached hydrogens (tertiary/aromatic N) is 6. The minimum absolute atomic E-state index is 0.192. The fourth-order valence-electron chi connectivity index (χ4n) is 4.60. The lowest BCUT2D eigenvalue weighted by Crippen LogP contribution is -2.38. The number of aryl methyl sites for hydroxylation is 2. The molecule has 1 saturated heterocycles. The van der Waals surface area contributed by atoms with Crippen molar-refractivity contribution in [3.63, 3.8) is 0 Å². The fraction of sp³-hybridized carbons (Fsp3) is 0.652. The second-order valence-corrected chi connectivity index (χ2v) is 9.20. The first-order chi connectivity index (χ1) is 14.3. The van der Waals surface area contributed by atoms with Gasteiger partial charge in [0, 0.05) is 49.1 Å². The van der Waals surface area contributed by atoms with Gasteiger partial charge in [-0.2, -0.15) is 5.10 Å². The normalized spacial score (nSPS) is 19.7. The highest BCUT2D eigenvalue weighted by Gasteiger charge is 2.33. The zero-order chi connectivity index (χ0) is 21.4. The molecule has 1 atom stereocenters. The topological polar surface area (TPSA) is 67.2 Å². The largest absolute Gasteiger partial charge is 0.296 e. The van der Waals surface area contributed by atoms with Crippen LogP contribution >= 0.6 is 0 Å². The summed E-state index contributed by atoms with van der Waals surface area (Å²) < 4.78 is 1.93. The Balaban J connectivity index is 1.63. The van der Waals surface area contributed by atoms with Crippen LogP contribution in [0.2, 0.25) is 0 Å². The highest BCUT2D eigenvalue weighted by atomic mass is 16.2. The third kappa shape index (κ3) is 4.00. The number of anilines is 1. The van der Waals surface area contributed by atoms with E-state index in [0.717, 1.165) is 68.2 Å². The van der Waals surface area contributed by atoms with E-state index in [2.05, 4.69) is 37.7 Å². The Morgan fingerprint density at radius 3 is 2.70 bits per heavy atom. The average molecular weight is 411 g/mol. The van der Waals surface area contributed by atoms with Crippen molar-refractivity contribution in [2.24, 2.45) is 13.0 Å². The molecule has 0 bridgehead atoms. The van der Waals surface area contributed by atoms with Crippen molar-refractivity contribution in [2.75, 3.05) is 18.0 Å². The number of fused-ring (bicyclic) bond motifs is 1. The van der Waals surface area contributed by atoms with Crippen LogP contribution in [0.4, 0.5) is 5.82 Å². The molecule has 2 aromatic rings. The Hall–Kier alpha value is -2.28. The number of carbonyl (C=O) groups is 1. The maximum Gasteiger partial charge on any atom is 0.228 e. The van der Waals surface area contributed by atoms with E-state index in [1.807, 2.05) is 22.8 Å². The van der Waals surface area contributed by atoms with Crippen LogP contribution in [-0.2, 0) is 24.8 Å². The zero-order valence-electron chi connectivity index (χ0n) is 19.0. The smallest absolute Gasteiger partial charge is 0.228 e. The second-order valence-electron chi connectivity index (χ2n) is 9.20. The van der Waals surface area contributed by atoms with Crippen molar-refractivity contribution in [3.05, 3.63) is 34.5 Å². The molecule has 0 N–H and O–H groups in total. The van der Waals surface area contributed by atoms with Gasteiger partial charge in [0.1, 0.15) is 11.6 Å². The summed E-state index contributed by atoms with van der Waals surface area (Å²) >= 11 is 0. The first-order valence-electron chi connectivity index (χ1n) is 11.2. The summed E-state index contributed by atoms with van der Waals surface area (Å²) in [6.45, 7) is 11.2. The molecule has 0 aromatic carbocycles. The van der Waals surface area contributed by atoms with E-state index in [0.29, 0.717) is 12.3 Å². The third-order valence-corrected chi connectivity index (χ3v) is 6.66. The molecule has 4 heterocycles. The van der Waals surface area contributed by atoms with Crippen LogP contribution in [0.25, 0.3) is 0 Å². The molecule has 7 heteroatoms. The van der Waals surface area contributed by atoms with Gasteiger partial charge in [-0.3, -0.25) is 19.3 Å². The molecule has 2 aliphatic rings. The Labute approximate surface area is 179 Å². The number of hydrogen-bond donors (Lipinski definition) is 0. The molecule has 30 heavy (non-hydrogen) atoms. The minimum atomic E-state index is 0.192. The monoisotopic (exact) mass is 410 g/mol. The van der Waals surface area contributed by atoms with E-state index in [4.69, 9.17) is 9.97 Å². The van der Waals surface area contributed by atoms with Crippen LogP contribution in [0, 0.1) is 19.8 Å². The molecular weight excluding hydrogens is 376 g/mol. The number of likely N-dealkylation sites (tertiary alicyclic amines) is 1. The molecule has 2 aromatic heterocycles. The molecule has 4 rings (SSSR count). The van der Waals surface area contributed by atoms with Gasteiger partial charge in [0.05, 0.1) is 12.2 Å². The van der Waals surface area contributed by atoms with Crippen molar-refractivity contribution in [3.8, 4) is 0 Å². The van der Waals surface area contributed by atoms with E-state index in [9.17, 15) is 4.79 Å². The molecule has 0 saturated carbocycles. The molecule has 1 amide bonds. The number of rotatable bonds is 6. The molecule has 1 unspecified atom stereocenters. The number of aromatic nitrogens is 4. The predicted octanol–water partition coefficient (Wildman–Crippen LogP) is 3.49. The molecule has 1 fully saturated rings. The molecule has 7 nitrogen and oxygen atoms in total. The van der Waals surface area contributed by atoms with Gasteiger partial charge in [-0.05, 0) is 52.0 Å². The number of carbonyl (C=O) groups excluding carboxylic acids is 1. The van der Waals surface area contributed by atoms with Crippen molar-refractivity contribution in [2.45, 2.75) is 72.4 Å². The minimum Gasteiger partial charge on any atom is -0.296 e. The Kier molecular flexibility index (Phi) is 5.91. The van der Waals surface area contributed by atoms with Crippen LogP contribution < -0.4 is 4.90 Å². The van der Waals surface area contributed by atoms with Crippen LogP contribution in [0.15, 0.2) is 6.20 Å². The van der Waals surface area contributed by atoms with E-state index >= 15 is 0 Å². The SMILES string of the molecule is Cc1nc(C2CCCN2Cc2cnn(C)c2C)nc2c1CCC(=O)N2CCC(C)C. The summed E-state index contributed by atoms with van der Waals surface area (Å²) in [7, 11) is 1.99. The third-order valence-electron chi connectivity index (χ3n) is 6.66. The lowest BCUT2D eigenvalue weighted by molar-refractivity contribution is -0.119. The van der Waals surface area contributed by atoms with Gasteiger partial charge >= 0.3 is 0 Å². The summed E-state index contributed by atoms with van der Waals surface area (Å²) in [4.78, 5) is 27.0. The first-order valence-corrected chi connectivity index (χ1v) is 11.2. The van der Waals surface area contributed by atoms with E-state index in [1.165, 1.54) is 11.3 Å². The van der Waals surface area contributed by atoms with E-state index in [1.54, 1.807) is 0 Å². The number of amides is 1. The average Bonchev–Trinajstić information content (AvgIpc) is 3.29. The molecule has 0 aliphatic carbocycles. The second kappa shape index (κ2) is 8.46. The van der Waals surface area contributed by atoms with Gasteiger partial charge < -0.3 is 0 Å².